The van der Waals surface area contributed by atoms with E-state index in [0.29, 0.717) is 12.5 Å². The summed E-state index contributed by atoms with van der Waals surface area (Å²) in [6.45, 7) is 2.35. The number of nitrogens with one attached hydrogen (secondary N) is 1. The SMILES string of the molecule is OCc1ccc(-c2ccc3c(n2)OCCNC3)cc1. The van der Waals surface area contributed by atoms with Gasteiger partial charge in [0.05, 0.1) is 12.3 Å². The van der Waals surface area contributed by atoms with Crippen molar-refractivity contribution in [2.24, 2.45) is 0 Å². The van der Waals surface area contributed by atoms with Gasteiger partial charge in [-0.2, -0.15) is 0 Å². The second kappa shape index (κ2) is 5.38. The number of hydrogen-bond acceptors (Lipinski definition) is 4. The summed E-state index contributed by atoms with van der Waals surface area (Å²) in [5, 5.41) is 12.3. The van der Waals surface area contributed by atoms with Gasteiger partial charge in [-0.25, -0.2) is 4.98 Å². The predicted molar refractivity (Wildman–Crippen MR) is 72.8 cm³/mol. The molecule has 1 aliphatic heterocycles. The molecule has 98 valence electrons. The molecular formula is C15H16N2O2. The van der Waals surface area contributed by atoms with E-state index in [9.17, 15) is 0 Å². The van der Waals surface area contributed by atoms with Crippen LogP contribution in [0.2, 0.25) is 0 Å². The van der Waals surface area contributed by atoms with Gasteiger partial charge in [-0.1, -0.05) is 30.3 Å². The van der Waals surface area contributed by atoms with E-state index >= 15 is 0 Å². The maximum Gasteiger partial charge on any atom is 0.218 e. The first kappa shape index (κ1) is 12.1. The van der Waals surface area contributed by atoms with Gasteiger partial charge < -0.3 is 15.2 Å². The van der Waals surface area contributed by atoms with E-state index in [2.05, 4.69) is 16.4 Å². The molecule has 19 heavy (non-hydrogen) atoms. The molecule has 2 aromatic rings. The van der Waals surface area contributed by atoms with Crippen LogP contribution in [0.4, 0.5) is 0 Å². The van der Waals surface area contributed by atoms with Crippen LogP contribution in [0.5, 0.6) is 5.88 Å². The average Bonchev–Trinajstić information content (AvgIpc) is 2.72. The van der Waals surface area contributed by atoms with Crippen LogP contribution in [-0.4, -0.2) is 23.2 Å². The Labute approximate surface area is 112 Å². The number of pyridine rings is 1. The molecule has 0 atom stereocenters. The Bertz CT molecular complexity index is 567. The van der Waals surface area contributed by atoms with Crippen LogP contribution in [0.15, 0.2) is 36.4 Å². The molecule has 0 amide bonds. The Morgan fingerprint density at radius 2 is 2.00 bits per heavy atom. The fraction of sp³-hybridized carbons (Fsp3) is 0.267. The molecule has 0 fully saturated rings. The summed E-state index contributed by atoms with van der Waals surface area (Å²) in [6.07, 6.45) is 0. The number of fused-ring (bicyclic) bond motifs is 1. The molecule has 2 N–H and O–H groups in total. The highest BCUT2D eigenvalue weighted by Crippen LogP contribution is 2.24. The zero-order valence-corrected chi connectivity index (χ0v) is 10.6. The standard InChI is InChI=1S/C15H16N2O2/c18-10-11-1-3-12(4-2-11)14-6-5-13-9-16-7-8-19-15(13)17-14/h1-6,16,18H,7-10H2. The van der Waals surface area contributed by atoms with E-state index in [-0.39, 0.29) is 6.61 Å². The first-order valence-corrected chi connectivity index (χ1v) is 6.40. The van der Waals surface area contributed by atoms with E-state index in [0.717, 1.165) is 35.5 Å². The molecule has 1 aromatic carbocycles. The van der Waals surface area contributed by atoms with Crippen LogP contribution in [0, 0.1) is 0 Å². The molecule has 0 radical (unpaired) electrons. The van der Waals surface area contributed by atoms with Crippen molar-refractivity contribution in [1.82, 2.24) is 10.3 Å². The minimum atomic E-state index is 0.0622. The molecule has 1 aromatic heterocycles. The number of hydrogen-bond donors (Lipinski definition) is 2. The second-order valence-corrected chi connectivity index (χ2v) is 4.54. The molecule has 0 saturated carbocycles. The number of nitrogens with zero attached hydrogens (tertiary/aromatic N) is 1. The van der Waals surface area contributed by atoms with E-state index < -0.39 is 0 Å². The number of aromatic nitrogens is 1. The number of benzene rings is 1. The summed E-state index contributed by atoms with van der Waals surface area (Å²) in [4.78, 5) is 4.57. The van der Waals surface area contributed by atoms with Gasteiger partial charge in [0.2, 0.25) is 5.88 Å². The molecule has 2 heterocycles. The van der Waals surface area contributed by atoms with Gasteiger partial charge in [-0.3, -0.25) is 0 Å². The lowest BCUT2D eigenvalue weighted by atomic mass is 10.1. The Kier molecular flexibility index (Phi) is 3.44. The molecule has 1 aliphatic rings. The van der Waals surface area contributed by atoms with Crippen molar-refractivity contribution in [2.75, 3.05) is 13.2 Å². The maximum absolute atomic E-state index is 9.05. The monoisotopic (exact) mass is 256 g/mol. The zero-order chi connectivity index (χ0) is 13.1. The summed E-state index contributed by atoms with van der Waals surface area (Å²) in [7, 11) is 0. The minimum absolute atomic E-state index is 0.0622. The fourth-order valence-corrected chi connectivity index (χ4v) is 2.11. The van der Waals surface area contributed by atoms with Gasteiger partial charge in [0.1, 0.15) is 6.61 Å². The van der Waals surface area contributed by atoms with Crippen molar-refractivity contribution in [2.45, 2.75) is 13.2 Å². The van der Waals surface area contributed by atoms with Crippen molar-refractivity contribution in [3.05, 3.63) is 47.5 Å². The van der Waals surface area contributed by atoms with Crippen molar-refractivity contribution in [3.63, 3.8) is 0 Å². The van der Waals surface area contributed by atoms with Crippen LogP contribution in [-0.2, 0) is 13.2 Å². The highest BCUT2D eigenvalue weighted by molar-refractivity contribution is 5.60. The van der Waals surface area contributed by atoms with Crippen molar-refractivity contribution < 1.29 is 9.84 Å². The summed E-state index contributed by atoms with van der Waals surface area (Å²) in [5.74, 6) is 0.716. The van der Waals surface area contributed by atoms with Crippen LogP contribution in [0.25, 0.3) is 11.3 Å². The largest absolute Gasteiger partial charge is 0.476 e. The third-order valence-electron chi connectivity index (χ3n) is 3.20. The third kappa shape index (κ3) is 2.59. The summed E-state index contributed by atoms with van der Waals surface area (Å²) in [6, 6.07) is 11.8. The van der Waals surface area contributed by atoms with Crippen LogP contribution in [0.3, 0.4) is 0 Å². The fourth-order valence-electron chi connectivity index (χ4n) is 2.11. The van der Waals surface area contributed by atoms with Crippen LogP contribution >= 0.6 is 0 Å². The average molecular weight is 256 g/mol. The smallest absolute Gasteiger partial charge is 0.218 e. The normalized spacial score (nSPS) is 14.4. The molecule has 4 nitrogen and oxygen atoms in total. The van der Waals surface area contributed by atoms with E-state index in [1.54, 1.807) is 0 Å². The topological polar surface area (TPSA) is 54.4 Å². The number of aliphatic hydroxyl groups is 1. The van der Waals surface area contributed by atoms with Crippen molar-refractivity contribution >= 4 is 0 Å². The van der Waals surface area contributed by atoms with E-state index in [1.165, 1.54) is 0 Å². The molecule has 0 unspecified atom stereocenters. The molecule has 0 aliphatic carbocycles. The van der Waals surface area contributed by atoms with Gasteiger partial charge >= 0.3 is 0 Å². The molecule has 4 heteroatoms. The van der Waals surface area contributed by atoms with Crippen LogP contribution < -0.4 is 10.1 Å². The molecule has 3 rings (SSSR count). The summed E-state index contributed by atoms with van der Waals surface area (Å²) in [5.41, 5.74) is 3.91. The Hall–Kier alpha value is -1.91. The van der Waals surface area contributed by atoms with Gasteiger partial charge in [0.15, 0.2) is 0 Å². The Morgan fingerprint density at radius 1 is 1.16 bits per heavy atom. The van der Waals surface area contributed by atoms with Crippen molar-refractivity contribution in [1.29, 1.82) is 0 Å². The highest BCUT2D eigenvalue weighted by Gasteiger charge is 2.11. The lowest BCUT2D eigenvalue weighted by molar-refractivity contribution is 0.282. The predicted octanol–water partition coefficient (Wildman–Crippen LogP) is 1.72. The number of aliphatic hydroxyl groups excluding tert-OH is 1. The second-order valence-electron chi connectivity index (χ2n) is 4.54. The molecule has 0 saturated heterocycles. The van der Waals surface area contributed by atoms with E-state index in [4.69, 9.17) is 9.84 Å². The first-order chi connectivity index (χ1) is 9.36. The maximum atomic E-state index is 9.05. The number of ether oxygens (including phenoxy) is 1. The van der Waals surface area contributed by atoms with Gasteiger partial charge in [0, 0.05) is 24.2 Å². The minimum Gasteiger partial charge on any atom is -0.476 e. The third-order valence-corrected chi connectivity index (χ3v) is 3.20. The summed E-state index contributed by atoms with van der Waals surface area (Å²) >= 11 is 0. The Morgan fingerprint density at radius 3 is 2.79 bits per heavy atom. The molecule has 0 spiro atoms. The van der Waals surface area contributed by atoms with E-state index in [1.807, 2.05) is 30.3 Å². The lowest BCUT2D eigenvalue weighted by Gasteiger charge is -2.08. The Balaban J connectivity index is 1.94. The number of rotatable bonds is 2. The lowest BCUT2D eigenvalue weighted by Crippen LogP contribution is -2.16. The molecule has 0 bridgehead atoms. The molecular weight excluding hydrogens is 240 g/mol. The summed E-state index contributed by atoms with van der Waals surface area (Å²) < 4.78 is 5.64. The van der Waals surface area contributed by atoms with Gasteiger partial charge in [-0.15, -0.1) is 0 Å². The van der Waals surface area contributed by atoms with Crippen molar-refractivity contribution in [3.8, 4) is 17.1 Å². The van der Waals surface area contributed by atoms with Crippen LogP contribution in [0.1, 0.15) is 11.1 Å². The van der Waals surface area contributed by atoms with Gasteiger partial charge in [-0.05, 0) is 11.6 Å². The zero-order valence-electron chi connectivity index (χ0n) is 10.6. The quantitative estimate of drug-likeness (QED) is 0.859. The first-order valence-electron chi connectivity index (χ1n) is 6.40. The highest BCUT2D eigenvalue weighted by atomic mass is 16.5. The van der Waals surface area contributed by atoms with Gasteiger partial charge in [0.25, 0.3) is 0 Å².